The zero-order chi connectivity index (χ0) is 18.4. The van der Waals surface area contributed by atoms with Gasteiger partial charge in [-0.05, 0) is 40.0 Å². The number of sulfonamides is 1. The van der Waals surface area contributed by atoms with Gasteiger partial charge in [-0.3, -0.25) is 4.99 Å². The molecule has 2 N–H and O–H groups in total. The van der Waals surface area contributed by atoms with Crippen LogP contribution in [0.2, 0.25) is 0 Å². The van der Waals surface area contributed by atoms with Crippen LogP contribution in [0.15, 0.2) is 9.52 Å². The van der Waals surface area contributed by atoms with Gasteiger partial charge in [-0.2, -0.15) is 0 Å². The van der Waals surface area contributed by atoms with Crippen molar-refractivity contribution in [3.63, 3.8) is 0 Å². The Balaban J connectivity index is 0.00000338. The van der Waals surface area contributed by atoms with E-state index in [0.29, 0.717) is 13.1 Å². The summed E-state index contributed by atoms with van der Waals surface area (Å²) in [5.41, 5.74) is 2.05. The number of hydrogen-bond acceptors (Lipinski definition) is 5. The Kier molecular flexibility index (Phi) is 9.31. The van der Waals surface area contributed by atoms with Crippen LogP contribution in [0.5, 0.6) is 0 Å². The van der Waals surface area contributed by atoms with Gasteiger partial charge < -0.3 is 15.2 Å². The van der Waals surface area contributed by atoms with E-state index in [9.17, 15) is 8.42 Å². The maximum absolute atomic E-state index is 11.9. The number of hydrogen-bond donors (Lipinski definition) is 2. The highest BCUT2D eigenvalue weighted by molar-refractivity contribution is 14.0. The molecule has 2 rings (SSSR count). The minimum atomic E-state index is -3.08. The lowest BCUT2D eigenvalue weighted by Crippen LogP contribution is -2.50. The van der Waals surface area contributed by atoms with Gasteiger partial charge in [0.1, 0.15) is 5.76 Å². The monoisotopic (exact) mass is 499 g/mol. The molecule has 0 aliphatic carbocycles. The molecule has 1 aromatic rings. The molecule has 1 fully saturated rings. The quantitative estimate of drug-likeness (QED) is 0.349. The SMILES string of the molecule is CCS(=O)(=O)N1CCC(NC(=NC)NCCc2c(C)noc2C)CC1.I. The number of nitrogens with zero attached hydrogens (tertiary/aromatic N) is 3. The second-order valence-electron chi connectivity index (χ2n) is 6.27. The van der Waals surface area contributed by atoms with Crippen molar-refractivity contribution in [2.75, 3.05) is 32.4 Å². The molecule has 2 heterocycles. The van der Waals surface area contributed by atoms with Crippen LogP contribution in [-0.2, 0) is 16.4 Å². The molecule has 0 bridgehead atoms. The third kappa shape index (κ3) is 6.08. The standard InChI is InChI=1S/C16H29N5O3S.HI/c1-5-25(22,23)21-10-7-14(8-11-21)19-16(17-4)18-9-6-15-12(2)20-24-13(15)3;/h14H,5-11H2,1-4H3,(H2,17,18,19);1H. The molecule has 0 amide bonds. The smallest absolute Gasteiger partial charge is 0.213 e. The topological polar surface area (TPSA) is 99.8 Å². The highest BCUT2D eigenvalue weighted by Gasteiger charge is 2.26. The van der Waals surface area contributed by atoms with E-state index in [4.69, 9.17) is 4.52 Å². The third-order valence-electron chi connectivity index (χ3n) is 4.63. The average Bonchev–Trinajstić information content (AvgIpc) is 2.93. The summed E-state index contributed by atoms with van der Waals surface area (Å²) in [4.78, 5) is 4.25. The molecule has 0 radical (unpaired) electrons. The highest BCUT2D eigenvalue weighted by atomic mass is 127. The highest BCUT2D eigenvalue weighted by Crippen LogP contribution is 2.14. The maximum atomic E-state index is 11.9. The lowest BCUT2D eigenvalue weighted by atomic mass is 10.1. The van der Waals surface area contributed by atoms with Gasteiger partial charge >= 0.3 is 0 Å². The molecule has 1 saturated heterocycles. The molecule has 0 saturated carbocycles. The van der Waals surface area contributed by atoms with Crippen LogP contribution < -0.4 is 10.6 Å². The first-order chi connectivity index (χ1) is 11.9. The zero-order valence-corrected chi connectivity index (χ0v) is 19.1. The van der Waals surface area contributed by atoms with Gasteiger partial charge in [-0.1, -0.05) is 5.16 Å². The largest absolute Gasteiger partial charge is 0.361 e. The summed E-state index contributed by atoms with van der Waals surface area (Å²) in [6, 6.07) is 0.230. The van der Waals surface area contributed by atoms with Crippen molar-refractivity contribution in [1.29, 1.82) is 0 Å². The van der Waals surface area contributed by atoms with Crippen molar-refractivity contribution >= 4 is 40.0 Å². The summed E-state index contributed by atoms with van der Waals surface area (Å²) in [5, 5.41) is 10.6. The minimum Gasteiger partial charge on any atom is -0.361 e. The number of piperidine rings is 1. The van der Waals surface area contributed by atoms with Gasteiger partial charge in [-0.15, -0.1) is 24.0 Å². The van der Waals surface area contributed by atoms with E-state index in [1.54, 1.807) is 18.3 Å². The van der Waals surface area contributed by atoms with Crippen molar-refractivity contribution in [1.82, 2.24) is 20.1 Å². The van der Waals surface area contributed by atoms with E-state index in [-0.39, 0.29) is 35.8 Å². The van der Waals surface area contributed by atoms with Crippen LogP contribution in [0.25, 0.3) is 0 Å². The third-order valence-corrected chi connectivity index (χ3v) is 6.51. The van der Waals surface area contributed by atoms with Gasteiger partial charge in [0.2, 0.25) is 10.0 Å². The molecule has 150 valence electrons. The lowest BCUT2D eigenvalue weighted by Gasteiger charge is -2.32. The Morgan fingerprint density at radius 1 is 1.35 bits per heavy atom. The predicted molar refractivity (Wildman–Crippen MR) is 114 cm³/mol. The Morgan fingerprint density at radius 3 is 2.50 bits per heavy atom. The number of aromatic nitrogens is 1. The molecular formula is C16H30IN5O3S. The Morgan fingerprint density at radius 2 is 2.00 bits per heavy atom. The van der Waals surface area contributed by atoms with Gasteiger partial charge in [0.25, 0.3) is 0 Å². The van der Waals surface area contributed by atoms with Crippen LogP contribution in [0, 0.1) is 13.8 Å². The molecule has 0 atom stereocenters. The van der Waals surface area contributed by atoms with Gasteiger partial charge in [-0.25, -0.2) is 12.7 Å². The number of aliphatic imine (C=N–C) groups is 1. The van der Waals surface area contributed by atoms with Crippen LogP contribution in [-0.4, -0.2) is 62.3 Å². The summed E-state index contributed by atoms with van der Waals surface area (Å²) in [6.07, 6.45) is 2.38. The summed E-state index contributed by atoms with van der Waals surface area (Å²) in [7, 11) is -1.34. The molecular weight excluding hydrogens is 469 g/mol. The van der Waals surface area contributed by atoms with Crippen molar-refractivity contribution in [2.24, 2.45) is 4.99 Å². The minimum absolute atomic E-state index is 0. The Bertz CT molecular complexity index is 677. The first-order valence-corrected chi connectivity index (χ1v) is 10.3. The summed E-state index contributed by atoms with van der Waals surface area (Å²) in [5.74, 6) is 1.76. The zero-order valence-electron chi connectivity index (χ0n) is 15.9. The number of aryl methyl sites for hydroxylation is 2. The van der Waals surface area contributed by atoms with E-state index < -0.39 is 10.0 Å². The van der Waals surface area contributed by atoms with E-state index in [1.807, 2.05) is 13.8 Å². The van der Waals surface area contributed by atoms with Crippen LogP contribution in [0.1, 0.15) is 36.8 Å². The van der Waals surface area contributed by atoms with Crippen LogP contribution in [0.4, 0.5) is 0 Å². The summed E-state index contributed by atoms with van der Waals surface area (Å²) >= 11 is 0. The predicted octanol–water partition coefficient (Wildman–Crippen LogP) is 1.43. The first-order valence-electron chi connectivity index (χ1n) is 8.74. The molecule has 10 heteroatoms. The Hall–Kier alpha value is -0.880. The van der Waals surface area contributed by atoms with Crippen molar-refractivity contribution in [2.45, 2.75) is 46.1 Å². The van der Waals surface area contributed by atoms with Crippen LogP contribution >= 0.6 is 24.0 Å². The summed E-state index contributed by atoms with van der Waals surface area (Å²) in [6.45, 7) is 7.39. The van der Waals surface area contributed by atoms with Crippen LogP contribution in [0.3, 0.4) is 0 Å². The van der Waals surface area contributed by atoms with E-state index in [0.717, 1.165) is 48.8 Å². The molecule has 1 aliphatic rings. The fourth-order valence-corrected chi connectivity index (χ4v) is 4.15. The average molecular weight is 499 g/mol. The number of rotatable bonds is 6. The van der Waals surface area contributed by atoms with E-state index >= 15 is 0 Å². The molecule has 0 unspecified atom stereocenters. The summed E-state index contributed by atoms with van der Waals surface area (Å²) < 4.78 is 30.6. The fourth-order valence-electron chi connectivity index (χ4n) is 3.01. The van der Waals surface area contributed by atoms with Crippen molar-refractivity contribution in [3.8, 4) is 0 Å². The number of halogens is 1. The molecule has 1 aliphatic heterocycles. The molecule has 1 aromatic heterocycles. The van der Waals surface area contributed by atoms with E-state index in [2.05, 4.69) is 20.8 Å². The fraction of sp³-hybridized carbons (Fsp3) is 0.750. The number of guanidine groups is 1. The molecule has 26 heavy (non-hydrogen) atoms. The number of nitrogens with one attached hydrogen (secondary N) is 2. The first kappa shape index (κ1) is 23.2. The van der Waals surface area contributed by atoms with Crippen molar-refractivity contribution in [3.05, 3.63) is 17.0 Å². The molecule has 0 spiro atoms. The molecule has 0 aromatic carbocycles. The van der Waals surface area contributed by atoms with E-state index in [1.165, 1.54) is 0 Å². The Labute approximate surface area is 173 Å². The molecule has 8 nitrogen and oxygen atoms in total. The van der Waals surface area contributed by atoms with Gasteiger partial charge in [0.05, 0.1) is 11.4 Å². The van der Waals surface area contributed by atoms with Gasteiger partial charge in [0, 0.05) is 38.3 Å². The normalized spacial score (nSPS) is 17.0. The van der Waals surface area contributed by atoms with Crippen molar-refractivity contribution < 1.29 is 12.9 Å². The second-order valence-corrected chi connectivity index (χ2v) is 8.53. The maximum Gasteiger partial charge on any atom is 0.213 e. The second kappa shape index (κ2) is 10.5. The van der Waals surface area contributed by atoms with Gasteiger partial charge in [0.15, 0.2) is 5.96 Å². The lowest BCUT2D eigenvalue weighted by molar-refractivity contribution is 0.306.